The molecular formula is C49H27NO2S. The van der Waals surface area contributed by atoms with Gasteiger partial charge in [-0.15, -0.1) is 11.3 Å². The van der Waals surface area contributed by atoms with Gasteiger partial charge < -0.3 is 8.82 Å². The molecule has 0 unspecified atom stereocenters. The minimum Gasteiger partial charge on any atom is -0.456 e. The van der Waals surface area contributed by atoms with Crippen LogP contribution >= 0.6 is 11.3 Å². The number of rotatable bonds is 3. The van der Waals surface area contributed by atoms with E-state index >= 15 is 0 Å². The Balaban J connectivity index is 1.01. The Labute approximate surface area is 306 Å². The highest BCUT2D eigenvalue weighted by atomic mass is 32.1. The van der Waals surface area contributed by atoms with E-state index in [1.165, 1.54) is 75.0 Å². The van der Waals surface area contributed by atoms with Gasteiger partial charge in [-0.05, 0) is 75.8 Å². The highest BCUT2D eigenvalue weighted by Crippen LogP contribution is 2.46. The molecule has 0 aliphatic heterocycles. The third-order valence-electron chi connectivity index (χ3n) is 11.1. The van der Waals surface area contributed by atoms with Crippen LogP contribution in [0.15, 0.2) is 173 Å². The van der Waals surface area contributed by atoms with E-state index in [4.69, 9.17) is 4.42 Å². The Hall–Kier alpha value is -6.75. The minimum absolute atomic E-state index is 0.00143. The van der Waals surface area contributed by atoms with Gasteiger partial charge in [0, 0.05) is 41.7 Å². The average Bonchev–Trinajstić information content (AvgIpc) is 3.88. The standard InChI is InChI=1S/C49H27NO2S/c51-47-40-12-2-4-20-44(40)52-45-27-29(21-24-41(45)47)28-9-5-10-30(25-28)32-13-6-17-38-39-18-7-14-33(49(39)53-48(32)38)31-22-23-35-37-16-8-15-36-34-11-1-3-19-42(34)50(46(36)37)43(35)26-31/h1-27H. The van der Waals surface area contributed by atoms with Crippen LogP contribution < -0.4 is 5.43 Å². The summed E-state index contributed by atoms with van der Waals surface area (Å²) >= 11 is 1.87. The minimum atomic E-state index is -0.00143. The molecule has 4 aromatic heterocycles. The van der Waals surface area contributed by atoms with E-state index in [0.717, 1.165) is 16.7 Å². The number of fused-ring (bicyclic) bond motifs is 11. The number of aromatic nitrogens is 1. The summed E-state index contributed by atoms with van der Waals surface area (Å²) in [4.78, 5) is 13.2. The molecule has 0 N–H and O–H groups in total. The molecule has 8 aromatic carbocycles. The second-order valence-electron chi connectivity index (χ2n) is 14.0. The number of thiophene rings is 1. The van der Waals surface area contributed by atoms with Gasteiger partial charge in [0.05, 0.1) is 27.3 Å². The fourth-order valence-corrected chi connectivity index (χ4v) is 10.1. The zero-order valence-corrected chi connectivity index (χ0v) is 29.1. The lowest BCUT2D eigenvalue weighted by molar-refractivity contribution is 0.660. The lowest BCUT2D eigenvalue weighted by atomic mass is 9.96. The van der Waals surface area contributed by atoms with Crippen LogP contribution in [0.25, 0.3) is 114 Å². The molecule has 0 amide bonds. The second kappa shape index (κ2) is 10.6. The van der Waals surface area contributed by atoms with Crippen LogP contribution in [0.3, 0.4) is 0 Å². The molecule has 12 rings (SSSR count). The van der Waals surface area contributed by atoms with E-state index in [-0.39, 0.29) is 5.43 Å². The molecule has 0 spiro atoms. The van der Waals surface area contributed by atoms with Crippen molar-refractivity contribution in [3.05, 3.63) is 174 Å². The Kier molecular flexibility index (Phi) is 5.80. The predicted molar refractivity (Wildman–Crippen MR) is 224 cm³/mol. The first-order chi connectivity index (χ1) is 26.2. The Morgan fingerprint density at radius 2 is 0.943 bits per heavy atom. The fraction of sp³-hybridized carbons (Fsp3) is 0. The summed E-state index contributed by atoms with van der Waals surface area (Å²) in [6, 6.07) is 57.9. The number of nitrogens with zero attached hydrogens (tertiary/aromatic N) is 1. The molecule has 12 aromatic rings. The van der Waals surface area contributed by atoms with E-state index in [1.807, 2.05) is 53.8 Å². The van der Waals surface area contributed by atoms with Gasteiger partial charge in [0.2, 0.25) is 5.43 Å². The summed E-state index contributed by atoms with van der Waals surface area (Å²) in [6.45, 7) is 0. The Morgan fingerprint density at radius 1 is 0.396 bits per heavy atom. The van der Waals surface area contributed by atoms with Crippen LogP contribution in [0.1, 0.15) is 0 Å². The maximum absolute atomic E-state index is 13.2. The second-order valence-corrected chi connectivity index (χ2v) is 15.0. The molecule has 0 aliphatic carbocycles. The van der Waals surface area contributed by atoms with Crippen LogP contribution in [0.5, 0.6) is 0 Å². The van der Waals surface area contributed by atoms with Crippen LogP contribution in [-0.4, -0.2) is 4.40 Å². The molecule has 0 aliphatic rings. The maximum Gasteiger partial charge on any atom is 0.200 e. The highest BCUT2D eigenvalue weighted by Gasteiger charge is 2.19. The zero-order valence-electron chi connectivity index (χ0n) is 28.3. The Bertz CT molecular complexity index is 3550. The Morgan fingerprint density at radius 3 is 1.75 bits per heavy atom. The van der Waals surface area contributed by atoms with Crippen molar-refractivity contribution < 1.29 is 4.42 Å². The normalized spacial score (nSPS) is 12.2. The molecule has 0 fully saturated rings. The molecule has 4 heteroatoms. The van der Waals surface area contributed by atoms with Crippen molar-refractivity contribution >= 4 is 91.5 Å². The number of para-hydroxylation sites is 3. The number of benzene rings is 8. The lowest BCUT2D eigenvalue weighted by Crippen LogP contribution is -2.01. The number of hydrogen-bond acceptors (Lipinski definition) is 3. The van der Waals surface area contributed by atoms with E-state index in [9.17, 15) is 4.79 Å². The van der Waals surface area contributed by atoms with Gasteiger partial charge in [0.15, 0.2) is 0 Å². The molecule has 53 heavy (non-hydrogen) atoms. The third-order valence-corrected chi connectivity index (χ3v) is 12.4. The maximum atomic E-state index is 13.2. The molecule has 246 valence electrons. The van der Waals surface area contributed by atoms with Gasteiger partial charge in [-0.3, -0.25) is 4.79 Å². The van der Waals surface area contributed by atoms with Crippen molar-refractivity contribution in [2.75, 3.05) is 0 Å². The zero-order chi connectivity index (χ0) is 34.8. The van der Waals surface area contributed by atoms with Crippen LogP contribution in [0, 0.1) is 0 Å². The first kappa shape index (κ1) is 28.9. The quantitative estimate of drug-likeness (QED) is 0.173. The van der Waals surface area contributed by atoms with Gasteiger partial charge in [0.1, 0.15) is 11.2 Å². The molecule has 4 heterocycles. The number of hydrogen-bond donors (Lipinski definition) is 0. The first-order valence-corrected chi connectivity index (χ1v) is 18.7. The van der Waals surface area contributed by atoms with Crippen molar-refractivity contribution in [3.8, 4) is 33.4 Å². The van der Waals surface area contributed by atoms with E-state index in [2.05, 4.69) is 126 Å². The largest absolute Gasteiger partial charge is 0.456 e. The van der Waals surface area contributed by atoms with Gasteiger partial charge in [-0.25, -0.2) is 0 Å². The van der Waals surface area contributed by atoms with Gasteiger partial charge in [-0.1, -0.05) is 121 Å². The smallest absolute Gasteiger partial charge is 0.200 e. The van der Waals surface area contributed by atoms with Crippen molar-refractivity contribution in [2.45, 2.75) is 0 Å². The third kappa shape index (κ3) is 4.01. The topological polar surface area (TPSA) is 34.6 Å². The summed E-state index contributed by atoms with van der Waals surface area (Å²) in [5.74, 6) is 0. The fourth-order valence-electron chi connectivity index (χ4n) is 8.72. The predicted octanol–water partition coefficient (Wildman–Crippen LogP) is 13.5. The highest BCUT2D eigenvalue weighted by molar-refractivity contribution is 7.26. The molecule has 0 saturated heterocycles. The first-order valence-electron chi connectivity index (χ1n) is 17.9. The van der Waals surface area contributed by atoms with Crippen LogP contribution in [0.2, 0.25) is 0 Å². The average molecular weight is 694 g/mol. The SMILES string of the molecule is O=c1c2ccccc2oc2cc(-c3cccc(-c4cccc5c4sc4c(-c6ccc7c8cccc9c%10ccccc%10n(c7c6)c98)cccc45)c3)ccc12. The van der Waals surface area contributed by atoms with Gasteiger partial charge in [-0.2, -0.15) is 0 Å². The van der Waals surface area contributed by atoms with Gasteiger partial charge in [0.25, 0.3) is 0 Å². The van der Waals surface area contributed by atoms with E-state index < -0.39 is 0 Å². The van der Waals surface area contributed by atoms with Crippen molar-refractivity contribution in [2.24, 2.45) is 0 Å². The molecule has 0 bridgehead atoms. The lowest BCUT2D eigenvalue weighted by Gasteiger charge is -2.08. The summed E-state index contributed by atoms with van der Waals surface area (Å²) in [7, 11) is 0. The van der Waals surface area contributed by atoms with Crippen molar-refractivity contribution in [3.63, 3.8) is 0 Å². The monoisotopic (exact) mass is 693 g/mol. The van der Waals surface area contributed by atoms with Gasteiger partial charge >= 0.3 is 0 Å². The molecule has 0 radical (unpaired) electrons. The van der Waals surface area contributed by atoms with E-state index in [1.54, 1.807) is 0 Å². The molecule has 0 atom stereocenters. The molecule has 0 saturated carbocycles. The summed E-state index contributed by atoms with van der Waals surface area (Å²) in [6.07, 6.45) is 0. The summed E-state index contributed by atoms with van der Waals surface area (Å²) in [5.41, 5.74) is 11.9. The van der Waals surface area contributed by atoms with Crippen molar-refractivity contribution in [1.29, 1.82) is 0 Å². The molecule has 3 nitrogen and oxygen atoms in total. The molecular weight excluding hydrogens is 667 g/mol. The van der Waals surface area contributed by atoms with E-state index in [0.29, 0.717) is 21.9 Å². The van der Waals surface area contributed by atoms with Crippen molar-refractivity contribution in [1.82, 2.24) is 4.40 Å². The summed E-state index contributed by atoms with van der Waals surface area (Å²) < 4.78 is 11.2. The van der Waals surface area contributed by atoms with Crippen LogP contribution in [-0.2, 0) is 0 Å². The summed E-state index contributed by atoms with van der Waals surface area (Å²) in [5, 5.41) is 8.92. The van der Waals surface area contributed by atoms with Crippen LogP contribution in [0.4, 0.5) is 0 Å².